The first-order valence-electron chi connectivity index (χ1n) is 7.14. The molecule has 2 amide bonds. The van der Waals surface area contributed by atoms with E-state index in [1.54, 1.807) is 6.92 Å². The summed E-state index contributed by atoms with van der Waals surface area (Å²) >= 11 is 6.15. The van der Waals surface area contributed by atoms with Crippen molar-refractivity contribution in [1.29, 1.82) is 0 Å². The van der Waals surface area contributed by atoms with Gasteiger partial charge in [0.05, 0.1) is 12.8 Å². The zero-order valence-corrected chi connectivity index (χ0v) is 14.3. The number of methoxy groups -OCH3 is 1. The average Bonchev–Trinajstić information content (AvgIpc) is 2.78. The zero-order chi connectivity index (χ0) is 17.6. The molecule has 9 heteroatoms. The number of aryl methyl sites for hydroxylation is 2. The topological polar surface area (TPSA) is 99.5 Å². The van der Waals surface area contributed by atoms with Gasteiger partial charge in [0.15, 0.2) is 6.10 Å². The Morgan fingerprint density at radius 3 is 2.61 bits per heavy atom. The second-order valence-electron chi connectivity index (χ2n) is 4.86. The summed E-state index contributed by atoms with van der Waals surface area (Å²) in [6, 6.07) is 0. The number of alkyl carbamates (subject to hydrolysis) is 1. The van der Waals surface area contributed by atoms with Gasteiger partial charge in [-0.1, -0.05) is 24.9 Å². The highest BCUT2D eigenvalue weighted by atomic mass is 35.5. The highest BCUT2D eigenvalue weighted by Gasteiger charge is 2.26. The molecule has 1 N–H and O–H groups in total. The first-order chi connectivity index (χ1) is 10.8. The molecule has 0 saturated heterocycles. The molecule has 0 spiro atoms. The van der Waals surface area contributed by atoms with Gasteiger partial charge in [0, 0.05) is 6.54 Å². The van der Waals surface area contributed by atoms with E-state index in [2.05, 4.69) is 9.84 Å². The van der Waals surface area contributed by atoms with Crippen molar-refractivity contribution in [3.63, 3.8) is 0 Å². The number of nitrogens with one attached hydrogen (secondary N) is 1. The lowest BCUT2D eigenvalue weighted by molar-refractivity contribution is -0.128. The summed E-state index contributed by atoms with van der Waals surface area (Å²) in [6.07, 6.45) is -0.289. The number of halogens is 1. The van der Waals surface area contributed by atoms with Gasteiger partial charge >= 0.3 is 12.1 Å². The van der Waals surface area contributed by atoms with Gasteiger partial charge in [-0.05, 0) is 20.3 Å². The third-order valence-electron chi connectivity index (χ3n) is 3.06. The largest absolute Gasteiger partial charge is 0.453 e. The van der Waals surface area contributed by atoms with Crippen LogP contribution >= 0.6 is 11.6 Å². The Hall–Kier alpha value is -2.09. The van der Waals surface area contributed by atoms with Crippen molar-refractivity contribution in [3.8, 4) is 0 Å². The fourth-order valence-electron chi connectivity index (χ4n) is 1.77. The minimum Gasteiger partial charge on any atom is -0.453 e. The third kappa shape index (κ3) is 4.95. The molecule has 1 rings (SSSR count). The SMILES string of the molecule is CCCCn1nc(C)c(C(=O)O[C@H](C)C(=O)NC(=O)OC)c1Cl. The van der Waals surface area contributed by atoms with Crippen LogP contribution in [0.5, 0.6) is 0 Å². The van der Waals surface area contributed by atoms with Gasteiger partial charge in [-0.15, -0.1) is 0 Å². The van der Waals surface area contributed by atoms with E-state index in [0.29, 0.717) is 12.2 Å². The van der Waals surface area contributed by atoms with Crippen molar-refractivity contribution < 1.29 is 23.9 Å². The molecule has 23 heavy (non-hydrogen) atoms. The van der Waals surface area contributed by atoms with Crippen LogP contribution in [0.25, 0.3) is 0 Å². The first-order valence-corrected chi connectivity index (χ1v) is 7.52. The summed E-state index contributed by atoms with van der Waals surface area (Å²) in [7, 11) is 1.12. The Balaban J connectivity index is 2.80. The van der Waals surface area contributed by atoms with Crippen molar-refractivity contribution >= 4 is 29.6 Å². The number of nitrogens with zero attached hydrogens (tertiary/aromatic N) is 2. The number of hydrogen-bond donors (Lipinski definition) is 1. The Labute approximate surface area is 139 Å². The van der Waals surface area contributed by atoms with Crippen molar-refractivity contribution in [2.75, 3.05) is 7.11 Å². The summed E-state index contributed by atoms with van der Waals surface area (Å²) in [5.41, 5.74) is 0.525. The Kier molecular flexibility index (Phi) is 7.02. The highest BCUT2D eigenvalue weighted by Crippen LogP contribution is 2.21. The van der Waals surface area contributed by atoms with Crippen LogP contribution in [-0.2, 0) is 20.8 Å². The van der Waals surface area contributed by atoms with Crippen LogP contribution in [0, 0.1) is 6.92 Å². The number of rotatable bonds is 6. The second-order valence-corrected chi connectivity index (χ2v) is 5.21. The molecule has 0 aliphatic rings. The van der Waals surface area contributed by atoms with Gasteiger partial charge in [0.1, 0.15) is 10.7 Å². The van der Waals surface area contributed by atoms with Crippen molar-refractivity contribution in [2.24, 2.45) is 0 Å². The summed E-state index contributed by atoms with van der Waals surface area (Å²) in [5.74, 6) is -1.57. The van der Waals surface area contributed by atoms with E-state index in [0.717, 1.165) is 20.0 Å². The van der Waals surface area contributed by atoms with E-state index in [9.17, 15) is 14.4 Å². The van der Waals surface area contributed by atoms with E-state index in [1.165, 1.54) is 11.6 Å². The number of hydrogen-bond acceptors (Lipinski definition) is 6. The molecule has 0 bridgehead atoms. The molecular weight excluding hydrogens is 326 g/mol. The number of amides is 2. The zero-order valence-electron chi connectivity index (χ0n) is 13.5. The van der Waals surface area contributed by atoms with Gasteiger partial charge in [-0.25, -0.2) is 9.59 Å². The fourth-order valence-corrected chi connectivity index (χ4v) is 2.10. The van der Waals surface area contributed by atoms with E-state index in [4.69, 9.17) is 16.3 Å². The first kappa shape index (κ1) is 19.0. The summed E-state index contributed by atoms with van der Waals surface area (Å²) in [5, 5.41) is 6.28. The van der Waals surface area contributed by atoms with Gasteiger partial charge < -0.3 is 9.47 Å². The molecule has 0 saturated carbocycles. The van der Waals surface area contributed by atoms with Gasteiger partial charge in [0.2, 0.25) is 0 Å². The molecule has 1 heterocycles. The standard InChI is InChI=1S/C14H20ClN3O5/c1-5-6-7-18-11(15)10(8(2)17-18)13(20)23-9(3)12(19)16-14(21)22-4/h9H,5-7H2,1-4H3,(H,16,19,21)/t9-/m1/s1. The van der Waals surface area contributed by atoms with Gasteiger partial charge in [-0.2, -0.15) is 5.10 Å². The number of ether oxygens (including phenoxy) is 2. The molecule has 0 aliphatic heterocycles. The summed E-state index contributed by atoms with van der Waals surface area (Å²) in [4.78, 5) is 34.8. The quantitative estimate of drug-likeness (QED) is 0.792. The maximum atomic E-state index is 12.2. The average molecular weight is 346 g/mol. The fraction of sp³-hybridized carbons (Fsp3) is 0.571. The lowest BCUT2D eigenvalue weighted by atomic mass is 10.2. The van der Waals surface area contributed by atoms with E-state index in [1.807, 2.05) is 12.2 Å². The molecule has 0 radical (unpaired) electrons. The second kappa shape index (κ2) is 8.52. The number of aromatic nitrogens is 2. The van der Waals surface area contributed by atoms with Gasteiger partial charge in [-0.3, -0.25) is 14.8 Å². The van der Waals surface area contributed by atoms with Gasteiger partial charge in [0.25, 0.3) is 5.91 Å². The minimum absolute atomic E-state index is 0.112. The van der Waals surface area contributed by atoms with Crippen LogP contribution in [0.3, 0.4) is 0 Å². The molecule has 0 fully saturated rings. The molecule has 1 atom stereocenters. The smallest absolute Gasteiger partial charge is 0.413 e. The number of carbonyl (C=O) groups excluding carboxylic acids is 3. The normalized spacial score (nSPS) is 11.7. The molecular formula is C14H20ClN3O5. The van der Waals surface area contributed by atoms with Crippen LogP contribution in [-0.4, -0.2) is 41.0 Å². The number of carbonyl (C=O) groups is 3. The minimum atomic E-state index is -1.18. The van der Waals surface area contributed by atoms with Crippen LogP contribution in [0.15, 0.2) is 0 Å². The van der Waals surface area contributed by atoms with E-state index in [-0.39, 0.29) is 10.7 Å². The van der Waals surface area contributed by atoms with E-state index < -0.39 is 24.1 Å². The predicted molar refractivity (Wildman–Crippen MR) is 82.3 cm³/mol. The Bertz CT molecular complexity index is 599. The molecule has 0 aromatic carbocycles. The number of esters is 1. The molecule has 0 aliphatic carbocycles. The highest BCUT2D eigenvalue weighted by molar-refractivity contribution is 6.32. The van der Waals surface area contributed by atoms with Crippen LogP contribution in [0.1, 0.15) is 42.7 Å². The van der Waals surface area contributed by atoms with Crippen LogP contribution < -0.4 is 5.32 Å². The number of unbranched alkanes of at least 4 members (excludes halogenated alkanes) is 1. The predicted octanol–water partition coefficient (Wildman–Crippen LogP) is 2.07. The van der Waals surface area contributed by atoms with Crippen molar-refractivity contribution in [1.82, 2.24) is 15.1 Å². The third-order valence-corrected chi connectivity index (χ3v) is 3.44. The monoisotopic (exact) mass is 345 g/mol. The molecule has 1 aromatic rings. The Morgan fingerprint density at radius 2 is 2.04 bits per heavy atom. The van der Waals surface area contributed by atoms with Crippen molar-refractivity contribution in [2.45, 2.75) is 46.3 Å². The molecule has 8 nitrogen and oxygen atoms in total. The van der Waals surface area contributed by atoms with E-state index >= 15 is 0 Å². The van der Waals surface area contributed by atoms with Crippen molar-refractivity contribution in [3.05, 3.63) is 16.4 Å². The maximum Gasteiger partial charge on any atom is 0.413 e. The summed E-state index contributed by atoms with van der Waals surface area (Å²) < 4.78 is 10.8. The lowest BCUT2D eigenvalue weighted by Crippen LogP contribution is -2.39. The molecule has 0 unspecified atom stereocenters. The summed E-state index contributed by atoms with van der Waals surface area (Å²) in [6.45, 7) is 5.58. The lowest BCUT2D eigenvalue weighted by Gasteiger charge is -2.12. The Morgan fingerprint density at radius 1 is 1.39 bits per heavy atom. The maximum absolute atomic E-state index is 12.2. The number of imide groups is 1. The molecule has 128 valence electrons. The van der Waals surface area contributed by atoms with Crippen LogP contribution in [0.4, 0.5) is 4.79 Å². The van der Waals surface area contributed by atoms with Crippen LogP contribution in [0.2, 0.25) is 5.15 Å². The molecule has 1 aromatic heterocycles.